The zero-order valence-corrected chi connectivity index (χ0v) is 11.6. The van der Waals surface area contributed by atoms with E-state index in [9.17, 15) is 4.79 Å². The summed E-state index contributed by atoms with van der Waals surface area (Å²) >= 11 is 0. The molecule has 0 spiro atoms. The van der Waals surface area contributed by atoms with Gasteiger partial charge in [-0.25, -0.2) is 4.79 Å². The van der Waals surface area contributed by atoms with Crippen molar-refractivity contribution < 1.29 is 9.32 Å². The number of carbonyl (C=O) groups is 1. The van der Waals surface area contributed by atoms with Crippen molar-refractivity contribution in [3.05, 3.63) is 30.0 Å². The Bertz CT molecular complexity index is 608. The van der Waals surface area contributed by atoms with E-state index >= 15 is 0 Å². The number of hydrogen-bond acceptors (Lipinski definition) is 3. The Morgan fingerprint density at radius 2 is 2.30 bits per heavy atom. The van der Waals surface area contributed by atoms with Gasteiger partial charge in [0.2, 0.25) is 0 Å². The quantitative estimate of drug-likeness (QED) is 0.915. The highest BCUT2D eigenvalue weighted by molar-refractivity contribution is 5.80. The van der Waals surface area contributed by atoms with Gasteiger partial charge in [0.15, 0.2) is 5.58 Å². The molecule has 1 aromatic carbocycles. The van der Waals surface area contributed by atoms with Crippen LogP contribution in [0.15, 0.2) is 28.8 Å². The first kappa shape index (κ1) is 13.0. The lowest BCUT2D eigenvalue weighted by molar-refractivity contribution is 0.157. The molecule has 2 aromatic rings. The summed E-state index contributed by atoms with van der Waals surface area (Å²) in [6.45, 7) is 3.34. The van der Waals surface area contributed by atoms with Crippen LogP contribution in [0.1, 0.15) is 31.9 Å². The molecule has 1 saturated heterocycles. The van der Waals surface area contributed by atoms with Gasteiger partial charge < -0.3 is 14.7 Å². The number of fused-ring (bicyclic) bond motifs is 1. The number of nitrogens with zero attached hydrogens (tertiary/aromatic N) is 2. The van der Waals surface area contributed by atoms with Gasteiger partial charge in [-0.3, -0.25) is 0 Å². The van der Waals surface area contributed by atoms with Gasteiger partial charge in [-0.05, 0) is 38.3 Å². The molecule has 0 saturated carbocycles. The van der Waals surface area contributed by atoms with Gasteiger partial charge in [0.05, 0.1) is 6.54 Å². The zero-order valence-electron chi connectivity index (χ0n) is 11.6. The van der Waals surface area contributed by atoms with E-state index in [-0.39, 0.29) is 6.03 Å². The van der Waals surface area contributed by atoms with E-state index in [1.54, 1.807) is 0 Å². The normalized spacial score (nSPS) is 19.2. The molecule has 0 bridgehead atoms. The van der Waals surface area contributed by atoms with Crippen LogP contribution in [0, 0.1) is 0 Å². The minimum absolute atomic E-state index is 0.00992. The van der Waals surface area contributed by atoms with Crippen molar-refractivity contribution in [2.75, 3.05) is 6.54 Å². The average molecular weight is 273 g/mol. The van der Waals surface area contributed by atoms with Crippen LogP contribution in [-0.4, -0.2) is 28.7 Å². The van der Waals surface area contributed by atoms with Crippen molar-refractivity contribution in [1.29, 1.82) is 0 Å². The first-order valence-corrected chi connectivity index (χ1v) is 7.13. The number of piperidine rings is 1. The third kappa shape index (κ3) is 2.48. The van der Waals surface area contributed by atoms with Crippen LogP contribution < -0.4 is 5.32 Å². The molecule has 1 atom stereocenters. The van der Waals surface area contributed by atoms with Gasteiger partial charge in [-0.2, -0.15) is 0 Å². The van der Waals surface area contributed by atoms with E-state index in [1.807, 2.05) is 29.2 Å². The highest BCUT2D eigenvalue weighted by Crippen LogP contribution is 2.19. The highest BCUT2D eigenvalue weighted by Gasteiger charge is 2.23. The average Bonchev–Trinajstić information content (AvgIpc) is 2.88. The van der Waals surface area contributed by atoms with Crippen LogP contribution in [0.3, 0.4) is 0 Å². The number of amides is 2. The van der Waals surface area contributed by atoms with Crippen LogP contribution in [0.25, 0.3) is 11.0 Å². The third-order valence-corrected chi connectivity index (χ3v) is 3.92. The standard InChI is InChI=1S/C15H19N3O2/c1-11-6-4-5-9-18(11)15(19)16-10-13-12-7-2-3-8-14(12)20-17-13/h2-3,7-8,11H,4-6,9-10H2,1H3,(H,16,19). The van der Waals surface area contributed by atoms with Gasteiger partial charge >= 0.3 is 6.03 Å². The number of urea groups is 1. The molecule has 1 aromatic heterocycles. The van der Waals surface area contributed by atoms with Gasteiger partial charge in [0, 0.05) is 18.0 Å². The Labute approximate surface area is 117 Å². The Morgan fingerprint density at radius 3 is 3.15 bits per heavy atom. The van der Waals surface area contributed by atoms with Crippen molar-refractivity contribution >= 4 is 17.0 Å². The second-order valence-corrected chi connectivity index (χ2v) is 5.32. The summed E-state index contributed by atoms with van der Waals surface area (Å²) in [4.78, 5) is 14.1. The molecule has 0 radical (unpaired) electrons. The fraction of sp³-hybridized carbons (Fsp3) is 0.467. The summed E-state index contributed by atoms with van der Waals surface area (Å²) < 4.78 is 5.23. The number of aromatic nitrogens is 1. The van der Waals surface area contributed by atoms with Crippen molar-refractivity contribution in [2.45, 2.75) is 38.8 Å². The smallest absolute Gasteiger partial charge is 0.317 e. The maximum absolute atomic E-state index is 12.2. The predicted octanol–water partition coefficient (Wildman–Crippen LogP) is 2.91. The minimum Gasteiger partial charge on any atom is -0.356 e. The van der Waals surface area contributed by atoms with E-state index in [1.165, 1.54) is 6.42 Å². The fourth-order valence-corrected chi connectivity index (χ4v) is 2.73. The maximum atomic E-state index is 12.2. The molecule has 20 heavy (non-hydrogen) atoms. The molecule has 1 fully saturated rings. The monoisotopic (exact) mass is 273 g/mol. The van der Waals surface area contributed by atoms with Crippen LogP contribution in [0.4, 0.5) is 4.79 Å². The number of likely N-dealkylation sites (tertiary alicyclic amines) is 1. The third-order valence-electron chi connectivity index (χ3n) is 3.92. The van der Waals surface area contributed by atoms with Gasteiger partial charge in [-0.15, -0.1) is 0 Å². The number of para-hydroxylation sites is 1. The minimum atomic E-state index is -0.00992. The van der Waals surface area contributed by atoms with Gasteiger partial charge in [0.25, 0.3) is 0 Å². The second-order valence-electron chi connectivity index (χ2n) is 5.32. The van der Waals surface area contributed by atoms with E-state index in [2.05, 4.69) is 17.4 Å². The second kappa shape index (κ2) is 5.53. The number of benzene rings is 1. The molecule has 3 rings (SSSR count). The van der Waals surface area contributed by atoms with Crippen molar-refractivity contribution in [1.82, 2.24) is 15.4 Å². The predicted molar refractivity (Wildman–Crippen MR) is 76.3 cm³/mol. The lowest BCUT2D eigenvalue weighted by atomic mass is 10.0. The van der Waals surface area contributed by atoms with Crippen molar-refractivity contribution in [2.24, 2.45) is 0 Å². The summed E-state index contributed by atoms with van der Waals surface area (Å²) in [6, 6.07) is 7.99. The molecule has 5 nitrogen and oxygen atoms in total. The van der Waals surface area contributed by atoms with Crippen LogP contribution in [-0.2, 0) is 6.54 Å². The summed E-state index contributed by atoms with van der Waals surface area (Å²) in [7, 11) is 0. The summed E-state index contributed by atoms with van der Waals surface area (Å²) in [5.41, 5.74) is 1.53. The van der Waals surface area contributed by atoms with E-state index < -0.39 is 0 Å². The summed E-state index contributed by atoms with van der Waals surface area (Å²) in [5.74, 6) is 0. The molecular formula is C15H19N3O2. The molecular weight excluding hydrogens is 254 g/mol. The largest absolute Gasteiger partial charge is 0.356 e. The van der Waals surface area contributed by atoms with E-state index in [0.29, 0.717) is 12.6 Å². The molecule has 1 N–H and O–H groups in total. The number of nitrogens with one attached hydrogen (secondary N) is 1. The number of carbonyl (C=O) groups excluding carboxylic acids is 1. The summed E-state index contributed by atoms with van der Waals surface area (Å²) in [5, 5.41) is 7.92. The van der Waals surface area contributed by atoms with Crippen LogP contribution in [0.2, 0.25) is 0 Å². The Kier molecular flexibility index (Phi) is 3.58. The molecule has 2 amide bonds. The number of hydrogen-bond donors (Lipinski definition) is 1. The van der Waals surface area contributed by atoms with Crippen LogP contribution in [0.5, 0.6) is 0 Å². The highest BCUT2D eigenvalue weighted by atomic mass is 16.5. The van der Waals surface area contributed by atoms with Crippen LogP contribution >= 0.6 is 0 Å². The zero-order chi connectivity index (χ0) is 13.9. The Morgan fingerprint density at radius 1 is 1.45 bits per heavy atom. The first-order chi connectivity index (χ1) is 9.75. The molecule has 106 valence electrons. The SMILES string of the molecule is CC1CCCCN1C(=O)NCc1noc2ccccc12. The van der Waals surface area contributed by atoms with E-state index in [4.69, 9.17) is 4.52 Å². The van der Waals surface area contributed by atoms with Crippen molar-refractivity contribution in [3.8, 4) is 0 Å². The topological polar surface area (TPSA) is 58.4 Å². The fourth-order valence-electron chi connectivity index (χ4n) is 2.73. The molecule has 1 aliphatic heterocycles. The lowest BCUT2D eigenvalue weighted by Gasteiger charge is -2.33. The maximum Gasteiger partial charge on any atom is 0.317 e. The van der Waals surface area contributed by atoms with Gasteiger partial charge in [0.1, 0.15) is 5.69 Å². The Hall–Kier alpha value is -2.04. The molecule has 0 aliphatic carbocycles. The lowest BCUT2D eigenvalue weighted by Crippen LogP contribution is -2.47. The molecule has 1 aliphatic rings. The van der Waals surface area contributed by atoms with Crippen molar-refractivity contribution in [3.63, 3.8) is 0 Å². The summed E-state index contributed by atoms with van der Waals surface area (Å²) in [6.07, 6.45) is 3.38. The molecule has 1 unspecified atom stereocenters. The van der Waals surface area contributed by atoms with E-state index in [0.717, 1.165) is 36.0 Å². The van der Waals surface area contributed by atoms with Gasteiger partial charge in [-0.1, -0.05) is 17.3 Å². The molecule has 5 heteroatoms. The number of rotatable bonds is 2. The Balaban J connectivity index is 1.65. The first-order valence-electron chi connectivity index (χ1n) is 7.13. The molecule has 2 heterocycles.